The Kier molecular flexibility index (Phi) is 7.50. The molecule has 2 amide bonds. The number of nitrogens with zero attached hydrogens (tertiary/aromatic N) is 1. The Morgan fingerprint density at radius 3 is 2.39 bits per heavy atom. The Bertz CT molecular complexity index is 1080. The van der Waals surface area contributed by atoms with Crippen molar-refractivity contribution in [1.82, 2.24) is 10.2 Å². The van der Waals surface area contributed by atoms with Crippen molar-refractivity contribution < 1.29 is 18.4 Å². The van der Waals surface area contributed by atoms with Crippen molar-refractivity contribution in [2.24, 2.45) is 0 Å². The van der Waals surface area contributed by atoms with E-state index in [9.17, 15) is 18.4 Å². The standard InChI is InChI=1S/C26H26F2N2O2S/c27-19-13-11-18(12-14-19)17-30(24(31)16-21-8-5-15-33-21)25(22-9-3-4-10-23(22)28)26(32)29-20-6-1-2-7-20/h3-5,8-15,20,25H,1-2,6-7,16-17H2,(H,29,32)/t25-/m0/s1. The van der Waals surface area contributed by atoms with Crippen LogP contribution in [0.4, 0.5) is 8.78 Å². The van der Waals surface area contributed by atoms with E-state index < -0.39 is 17.8 Å². The van der Waals surface area contributed by atoms with Crippen molar-refractivity contribution in [2.75, 3.05) is 0 Å². The Morgan fingerprint density at radius 2 is 1.73 bits per heavy atom. The van der Waals surface area contributed by atoms with Crippen LogP contribution in [-0.4, -0.2) is 22.8 Å². The molecule has 4 rings (SSSR count). The molecule has 0 spiro atoms. The second kappa shape index (κ2) is 10.7. The molecule has 1 saturated carbocycles. The zero-order valence-corrected chi connectivity index (χ0v) is 19.0. The van der Waals surface area contributed by atoms with E-state index in [4.69, 9.17) is 0 Å². The molecule has 0 bridgehead atoms. The summed E-state index contributed by atoms with van der Waals surface area (Å²) in [6.07, 6.45) is 3.91. The van der Waals surface area contributed by atoms with E-state index in [1.807, 2.05) is 17.5 Å². The summed E-state index contributed by atoms with van der Waals surface area (Å²) in [4.78, 5) is 29.3. The van der Waals surface area contributed by atoms with Gasteiger partial charge in [0.2, 0.25) is 11.8 Å². The number of halogens is 2. The molecule has 3 aromatic rings. The normalized spacial score (nSPS) is 14.7. The molecular formula is C26H26F2N2O2S. The van der Waals surface area contributed by atoms with Gasteiger partial charge in [0.25, 0.3) is 0 Å². The van der Waals surface area contributed by atoms with Gasteiger partial charge in [-0.25, -0.2) is 8.78 Å². The fraction of sp³-hybridized carbons (Fsp3) is 0.308. The SMILES string of the molecule is O=C(NC1CCCC1)[C@H](c1ccccc1F)N(Cc1ccc(F)cc1)C(=O)Cc1cccs1. The molecule has 0 saturated heterocycles. The molecule has 1 aliphatic rings. The highest BCUT2D eigenvalue weighted by atomic mass is 32.1. The molecule has 1 N–H and O–H groups in total. The highest BCUT2D eigenvalue weighted by Crippen LogP contribution is 2.29. The van der Waals surface area contributed by atoms with E-state index in [0.29, 0.717) is 5.56 Å². The number of nitrogens with one attached hydrogen (secondary N) is 1. The van der Waals surface area contributed by atoms with Crippen LogP contribution in [0.2, 0.25) is 0 Å². The maximum atomic E-state index is 14.9. The van der Waals surface area contributed by atoms with Crippen molar-refractivity contribution in [2.45, 2.75) is 50.7 Å². The van der Waals surface area contributed by atoms with Crippen LogP contribution in [0, 0.1) is 11.6 Å². The molecule has 0 radical (unpaired) electrons. The van der Waals surface area contributed by atoms with Crippen molar-refractivity contribution in [1.29, 1.82) is 0 Å². The van der Waals surface area contributed by atoms with Gasteiger partial charge in [-0.3, -0.25) is 9.59 Å². The predicted octanol–water partition coefficient (Wildman–Crippen LogP) is 5.40. The van der Waals surface area contributed by atoms with Gasteiger partial charge in [0.1, 0.15) is 17.7 Å². The fourth-order valence-corrected chi connectivity index (χ4v) is 4.97. The highest BCUT2D eigenvalue weighted by Gasteiger charge is 2.34. The van der Waals surface area contributed by atoms with Crippen LogP contribution in [0.1, 0.15) is 47.7 Å². The summed E-state index contributed by atoms with van der Waals surface area (Å²) < 4.78 is 28.4. The van der Waals surface area contributed by atoms with Crippen molar-refractivity contribution in [3.63, 3.8) is 0 Å². The number of hydrogen-bond donors (Lipinski definition) is 1. The molecule has 0 unspecified atom stereocenters. The molecular weight excluding hydrogens is 442 g/mol. The third-order valence-electron chi connectivity index (χ3n) is 5.95. The summed E-state index contributed by atoms with van der Waals surface area (Å²) in [6.45, 7) is 0.0571. The van der Waals surface area contributed by atoms with E-state index in [-0.39, 0.29) is 36.3 Å². The lowest BCUT2D eigenvalue weighted by atomic mass is 10.0. The van der Waals surface area contributed by atoms with Gasteiger partial charge in [0.15, 0.2) is 0 Å². The average Bonchev–Trinajstić information content (AvgIpc) is 3.50. The monoisotopic (exact) mass is 468 g/mol. The van der Waals surface area contributed by atoms with Crippen LogP contribution in [0.15, 0.2) is 66.0 Å². The second-order valence-electron chi connectivity index (χ2n) is 8.32. The quantitative estimate of drug-likeness (QED) is 0.481. The summed E-state index contributed by atoms with van der Waals surface area (Å²) in [6, 6.07) is 14.4. The van der Waals surface area contributed by atoms with Crippen LogP contribution >= 0.6 is 11.3 Å². The molecule has 1 aliphatic carbocycles. The van der Waals surface area contributed by atoms with Crippen LogP contribution in [0.25, 0.3) is 0 Å². The lowest BCUT2D eigenvalue weighted by Gasteiger charge is -2.32. The molecule has 7 heteroatoms. The molecule has 0 aliphatic heterocycles. The summed E-state index contributed by atoms with van der Waals surface area (Å²) in [5, 5.41) is 4.92. The van der Waals surface area contributed by atoms with E-state index in [0.717, 1.165) is 30.6 Å². The lowest BCUT2D eigenvalue weighted by molar-refractivity contribution is -0.141. The predicted molar refractivity (Wildman–Crippen MR) is 125 cm³/mol. The van der Waals surface area contributed by atoms with Gasteiger partial charge in [-0.05, 0) is 48.1 Å². The van der Waals surface area contributed by atoms with E-state index in [2.05, 4.69) is 5.32 Å². The molecule has 1 atom stereocenters. The maximum absolute atomic E-state index is 14.9. The van der Waals surface area contributed by atoms with Crippen molar-refractivity contribution in [3.8, 4) is 0 Å². The molecule has 4 nitrogen and oxygen atoms in total. The number of benzene rings is 2. The fourth-order valence-electron chi connectivity index (χ4n) is 4.27. The molecule has 1 fully saturated rings. The summed E-state index contributed by atoms with van der Waals surface area (Å²) >= 11 is 1.45. The molecule has 33 heavy (non-hydrogen) atoms. The topological polar surface area (TPSA) is 49.4 Å². The van der Waals surface area contributed by atoms with Gasteiger partial charge < -0.3 is 10.2 Å². The second-order valence-corrected chi connectivity index (χ2v) is 9.35. The number of hydrogen-bond acceptors (Lipinski definition) is 3. The van der Waals surface area contributed by atoms with Gasteiger partial charge in [-0.2, -0.15) is 0 Å². The van der Waals surface area contributed by atoms with Gasteiger partial charge >= 0.3 is 0 Å². The number of rotatable bonds is 8. The number of amides is 2. The maximum Gasteiger partial charge on any atom is 0.247 e. The summed E-state index contributed by atoms with van der Waals surface area (Å²) in [5.74, 6) is -1.62. The Labute approximate surface area is 196 Å². The highest BCUT2D eigenvalue weighted by molar-refractivity contribution is 7.10. The smallest absolute Gasteiger partial charge is 0.247 e. The first kappa shape index (κ1) is 23.1. The van der Waals surface area contributed by atoms with Crippen LogP contribution < -0.4 is 5.32 Å². The first-order valence-electron chi connectivity index (χ1n) is 11.1. The number of carbonyl (C=O) groups is 2. The summed E-state index contributed by atoms with van der Waals surface area (Å²) in [7, 11) is 0. The molecule has 2 aromatic carbocycles. The Morgan fingerprint density at radius 1 is 1.00 bits per heavy atom. The zero-order chi connectivity index (χ0) is 23.2. The third-order valence-corrected chi connectivity index (χ3v) is 6.83. The van der Waals surface area contributed by atoms with Crippen molar-refractivity contribution in [3.05, 3.63) is 93.7 Å². The van der Waals surface area contributed by atoms with Gasteiger partial charge in [-0.15, -0.1) is 11.3 Å². The average molecular weight is 469 g/mol. The first-order valence-corrected chi connectivity index (χ1v) is 12.0. The van der Waals surface area contributed by atoms with Crippen molar-refractivity contribution >= 4 is 23.2 Å². The summed E-state index contributed by atoms with van der Waals surface area (Å²) in [5.41, 5.74) is 0.806. The van der Waals surface area contributed by atoms with E-state index in [1.165, 1.54) is 34.4 Å². The lowest BCUT2D eigenvalue weighted by Crippen LogP contribution is -2.46. The molecule has 172 valence electrons. The number of thiophene rings is 1. The first-order chi connectivity index (χ1) is 16.0. The Balaban J connectivity index is 1.71. The zero-order valence-electron chi connectivity index (χ0n) is 18.2. The minimum absolute atomic E-state index is 0.0202. The van der Waals surface area contributed by atoms with E-state index >= 15 is 0 Å². The van der Waals surface area contributed by atoms with Gasteiger partial charge in [0, 0.05) is 23.0 Å². The minimum atomic E-state index is -1.13. The molecule has 1 heterocycles. The van der Waals surface area contributed by atoms with Crippen LogP contribution in [0.5, 0.6) is 0 Å². The minimum Gasteiger partial charge on any atom is -0.351 e. The van der Waals surface area contributed by atoms with Gasteiger partial charge in [-0.1, -0.05) is 49.2 Å². The third kappa shape index (κ3) is 5.85. The largest absolute Gasteiger partial charge is 0.351 e. The number of carbonyl (C=O) groups excluding carboxylic acids is 2. The van der Waals surface area contributed by atoms with Crippen LogP contribution in [0.3, 0.4) is 0 Å². The van der Waals surface area contributed by atoms with E-state index in [1.54, 1.807) is 30.3 Å². The van der Waals surface area contributed by atoms with Gasteiger partial charge in [0.05, 0.1) is 6.42 Å². The molecule has 1 aromatic heterocycles. The van der Waals surface area contributed by atoms with Crippen LogP contribution in [-0.2, 0) is 22.6 Å². The Hall–Kier alpha value is -3.06.